The highest BCUT2D eigenvalue weighted by Crippen LogP contribution is 2.34. The SMILES string of the molecule is CC(C)C(=O)N1CCC(c2nc(-c3ccc(N)cc3)c3c(N)nccn23)CC1. The first-order valence-corrected chi connectivity index (χ1v) is 9.73. The molecular weight excluding hydrogens is 352 g/mol. The molecule has 1 aliphatic heterocycles. The number of hydrogen-bond acceptors (Lipinski definition) is 5. The summed E-state index contributed by atoms with van der Waals surface area (Å²) in [5.41, 5.74) is 15.4. The molecule has 0 bridgehead atoms. The highest BCUT2D eigenvalue weighted by atomic mass is 16.2. The number of fused-ring (bicyclic) bond motifs is 1. The summed E-state index contributed by atoms with van der Waals surface area (Å²) in [7, 11) is 0. The van der Waals surface area contributed by atoms with Crippen LogP contribution in [0.1, 0.15) is 38.4 Å². The predicted molar refractivity (Wildman–Crippen MR) is 111 cm³/mol. The molecule has 146 valence electrons. The van der Waals surface area contributed by atoms with E-state index in [-0.39, 0.29) is 17.7 Å². The molecule has 1 amide bonds. The first-order valence-electron chi connectivity index (χ1n) is 9.73. The van der Waals surface area contributed by atoms with Gasteiger partial charge in [-0.2, -0.15) is 0 Å². The van der Waals surface area contributed by atoms with Crippen LogP contribution in [-0.4, -0.2) is 38.3 Å². The van der Waals surface area contributed by atoms with Crippen molar-refractivity contribution in [2.75, 3.05) is 24.6 Å². The molecule has 4 rings (SSSR count). The van der Waals surface area contributed by atoms with Crippen molar-refractivity contribution < 1.29 is 4.79 Å². The van der Waals surface area contributed by atoms with Crippen LogP contribution < -0.4 is 11.5 Å². The standard InChI is InChI=1S/C21H26N6O/c1-13(2)21(28)26-10-7-15(8-11-26)20-25-17(14-3-5-16(22)6-4-14)18-19(23)24-9-12-27(18)20/h3-6,9,12-13,15H,7-8,10-11,22H2,1-2H3,(H2,23,24). The Labute approximate surface area is 164 Å². The van der Waals surface area contributed by atoms with Gasteiger partial charge < -0.3 is 16.4 Å². The molecule has 1 aliphatic rings. The molecule has 2 aromatic heterocycles. The number of hydrogen-bond donors (Lipinski definition) is 2. The number of amides is 1. The zero-order valence-electron chi connectivity index (χ0n) is 16.3. The van der Waals surface area contributed by atoms with Crippen molar-refractivity contribution >= 4 is 22.9 Å². The van der Waals surface area contributed by atoms with Gasteiger partial charge in [-0.3, -0.25) is 9.20 Å². The maximum absolute atomic E-state index is 12.3. The van der Waals surface area contributed by atoms with E-state index in [0.29, 0.717) is 11.5 Å². The van der Waals surface area contributed by atoms with Gasteiger partial charge >= 0.3 is 0 Å². The molecule has 28 heavy (non-hydrogen) atoms. The first-order chi connectivity index (χ1) is 13.5. The normalized spacial score (nSPS) is 15.5. The van der Waals surface area contributed by atoms with Crippen LogP contribution in [0, 0.1) is 5.92 Å². The van der Waals surface area contributed by atoms with Crippen molar-refractivity contribution in [1.82, 2.24) is 19.3 Å². The topological polar surface area (TPSA) is 103 Å². The average molecular weight is 378 g/mol. The fraction of sp³-hybridized carbons (Fsp3) is 0.381. The van der Waals surface area contributed by atoms with E-state index in [1.54, 1.807) is 6.20 Å². The van der Waals surface area contributed by atoms with Crippen LogP contribution in [-0.2, 0) is 4.79 Å². The van der Waals surface area contributed by atoms with Crippen molar-refractivity contribution in [1.29, 1.82) is 0 Å². The Balaban J connectivity index is 1.70. The van der Waals surface area contributed by atoms with Gasteiger partial charge in [-0.1, -0.05) is 26.0 Å². The van der Waals surface area contributed by atoms with Gasteiger partial charge in [-0.15, -0.1) is 0 Å². The van der Waals surface area contributed by atoms with E-state index in [1.165, 1.54) is 0 Å². The number of carbonyl (C=O) groups excluding carboxylic acids is 1. The van der Waals surface area contributed by atoms with E-state index in [4.69, 9.17) is 16.5 Å². The Hall–Kier alpha value is -3.09. The van der Waals surface area contributed by atoms with Crippen molar-refractivity contribution in [3.63, 3.8) is 0 Å². The lowest BCUT2D eigenvalue weighted by Crippen LogP contribution is -2.40. The zero-order chi connectivity index (χ0) is 19.8. The number of nitrogens with zero attached hydrogens (tertiary/aromatic N) is 4. The number of likely N-dealkylation sites (tertiary alicyclic amines) is 1. The minimum atomic E-state index is 0.0341. The van der Waals surface area contributed by atoms with E-state index >= 15 is 0 Å². The number of nitrogens with two attached hydrogens (primary N) is 2. The summed E-state index contributed by atoms with van der Waals surface area (Å²) in [6.07, 6.45) is 5.40. The molecule has 1 fully saturated rings. The molecule has 3 heterocycles. The molecule has 0 atom stereocenters. The Morgan fingerprint density at radius 2 is 1.82 bits per heavy atom. The van der Waals surface area contributed by atoms with E-state index in [2.05, 4.69) is 9.38 Å². The third-order valence-electron chi connectivity index (χ3n) is 5.46. The second kappa shape index (κ2) is 7.14. The molecule has 4 N–H and O–H groups in total. The van der Waals surface area contributed by atoms with Crippen molar-refractivity contribution in [3.05, 3.63) is 42.5 Å². The van der Waals surface area contributed by atoms with Gasteiger partial charge in [0.1, 0.15) is 22.9 Å². The molecule has 7 nitrogen and oxygen atoms in total. The van der Waals surface area contributed by atoms with E-state index in [0.717, 1.165) is 48.5 Å². The highest BCUT2D eigenvalue weighted by Gasteiger charge is 2.29. The number of aromatic nitrogens is 3. The van der Waals surface area contributed by atoms with Crippen LogP contribution in [0.5, 0.6) is 0 Å². The third kappa shape index (κ3) is 3.17. The van der Waals surface area contributed by atoms with Gasteiger partial charge in [-0.05, 0) is 25.0 Å². The van der Waals surface area contributed by atoms with Crippen molar-refractivity contribution in [2.24, 2.45) is 5.92 Å². The molecule has 7 heteroatoms. The van der Waals surface area contributed by atoms with Crippen molar-refractivity contribution in [3.8, 4) is 11.3 Å². The molecule has 0 radical (unpaired) electrons. The fourth-order valence-corrected chi connectivity index (χ4v) is 3.94. The number of piperidine rings is 1. The summed E-state index contributed by atoms with van der Waals surface area (Å²) in [5.74, 6) is 1.97. The fourth-order valence-electron chi connectivity index (χ4n) is 3.94. The van der Waals surface area contributed by atoms with Crippen LogP contribution in [0.4, 0.5) is 11.5 Å². The Morgan fingerprint density at radius 3 is 2.46 bits per heavy atom. The minimum Gasteiger partial charge on any atom is -0.399 e. The lowest BCUT2D eigenvalue weighted by atomic mass is 9.95. The van der Waals surface area contributed by atoms with E-state index in [9.17, 15) is 4.79 Å². The quantitative estimate of drug-likeness (QED) is 0.682. The van der Waals surface area contributed by atoms with Crippen LogP contribution in [0.2, 0.25) is 0 Å². The average Bonchev–Trinajstić information content (AvgIpc) is 3.09. The molecule has 3 aromatic rings. The number of benzene rings is 1. The van der Waals surface area contributed by atoms with Crippen molar-refractivity contribution in [2.45, 2.75) is 32.6 Å². The Morgan fingerprint density at radius 1 is 1.14 bits per heavy atom. The van der Waals surface area contributed by atoms with Gasteiger partial charge in [0.05, 0.1) is 0 Å². The number of anilines is 2. The van der Waals surface area contributed by atoms with Gasteiger partial charge in [0.15, 0.2) is 0 Å². The second-order valence-electron chi connectivity index (χ2n) is 7.73. The molecule has 0 saturated carbocycles. The summed E-state index contributed by atoms with van der Waals surface area (Å²) >= 11 is 0. The Kier molecular flexibility index (Phi) is 4.66. The summed E-state index contributed by atoms with van der Waals surface area (Å²) in [6, 6.07) is 7.64. The molecular formula is C21H26N6O. The molecule has 0 spiro atoms. The lowest BCUT2D eigenvalue weighted by Gasteiger charge is -2.32. The van der Waals surface area contributed by atoms with Crippen LogP contribution in [0.3, 0.4) is 0 Å². The molecule has 1 saturated heterocycles. The predicted octanol–water partition coefficient (Wildman–Crippen LogP) is 2.92. The molecule has 0 aliphatic carbocycles. The smallest absolute Gasteiger partial charge is 0.225 e. The zero-order valence-corrected chi connectivity index (χ0v) is 16.3. The van der Waals surface area contributed by atoms with Crippen LogP contribution in [0.25, 0.3) is 16.8 Å². The van der Waals surface area contributed by atoms with E-state index in [1.807, 2.05) is 49.2 Å². The van der Waals surface area contributed by atoms with Gasteiger partial charge in [0.2, 0.25) is 5.91 Å². The molecule has 0 unspecified atom stereocenters. The maximum Gasteiger partial charge on any atom is 0.225 e. The van der Waals surface area contributed by atoms with Crippen LogP contribution in [0.15, 0.2) is 36.7 Å². The third-order valence-corrected chi connectivity index (χ3v) is 5.46. The highest BCUT2D eigenvalue weighted by molar-refractivity contribution is 5.85. The number of nitrogen functional groups attached to an aromatic ring is 2. The first kappa shape index (κ1) is 18.3. The lowest BCUT2D eigenvalue weighted by molar-refractivity contribution is -0.135. The summed E-state index contributed by atoms with van der Waals surface area (Å²) in [4.78, 5) is 23.5. The maximum atomic E-state index is 12.3. The minimum absolute atomic E-state index is 0.0341. The largest absolute Gasteiger partial charge is 0.399 e. The summed E-state index contributed by atoms with van der Waals surface area (Å²) in [6.45, 7) is 5.42. The van der Waals surface area contributed by atoms with Gasteiger partial charge in [-0.25, -0.2) is 9.97 Å². The monoisotopic (exact) mass is 378 g/mol. The van der Waals surface area contributed by atoms with Gasteiger partial charge in [0, 0.05) is 48.6 Å². The number of carbonyl (C=O) groups is 1. The van der Waals surface area contributed by atoms with E-state index < -0.39 is 0 Å². The number of imidazole rings is 1. The summed E-state index contributed by atoms with van der Waals surface area (Å²) < 4.78 is 2.05. The second-order valence-corrected chi connectivity index (χ2v) is 7.73. The number of rotatable bonds is 3. The molecule has 1 aromatic carbocycles. The van der Waals surface area contributed by atoms with Crippen LogP contribution >= 0.6 is 0 Å². The Bertz CT molecular complexity index is 1000. The van der Waals surface area contributed by atoms with Gasteiger partial charge in [0.25, 0.3) is 0 Å². The summed E-state index contributed by atoms with van der Waals surface area (Å²) in [5, 5.41) is 0.